The Labute approximate surface area is 95.3 Å². The highest BCUT2D eigenvalue weighted by Crippen LogP contribution is 2.43. The number of esters is 1. The fraction of sp³-hybridized carbons (Fsp3) is 0.667. The molecule has 4 nitrogen and oxygen atoms in total. The second-order valence-corrected chi connectivity index (χ2v) is 4.85. The number of aliphatic carboxylic acids is 1. The molecule has 1 saturated carbocycles. The molecule has 0 aliphatic heterocycles. The van der Waals surface area contributed by atoms with Gasteiger partial charge in [0, 0.05) is 6.08 Å². The summed E-state index contributed by atoms with van der Waals surface area (Å²) < 4.78 is 4.72. The van der Waals surface area contributed by atoms with Crippen molar-refractivity contribution in [2.24, 2.45) is 11.3 Å². The number of hydrogen-bond acceptors (Lipinski definition) is 3. The number of methoxy groups -OCH3 is 1. The third-order valence-corrected chi connectivity index (χ3v) is 3.22. The number of carbonyl (C=O) groups excluding carboxylic acids is 1. The maximum Gasteiger partial charge on any atom is 0.328 e. The molecule has 0 spiro atoms. The quantitative estimate of drug-likeness (QED) is 0.577. The monoisotopic (exact) mass is 226 g/mol. The van der Waals surface area contributed by atoms with Crippen molar-refractivity contribution in [2.45, 2.75) is 33.1 Å². The van der Waals surface area contributed by atoms with Crippen molar-refractivity contribution in [1.29, 1.82) is 0 Å². The van der Waals surface area contributed by atoms with E-state index < -0.39 is 5.97 Å². The normalized spacial score (nSPS) is 26.4. The fourth-order valence-corrected chi connectivity index (χ4v) is 2.30. The molecule has 1 rings (SSSR count). The molecule has 0 saturated heterocycles. The molecule has 1 N–H and O–H groups in total. The van der Waals surface area contributed by atoms with Crippen molar-refractivity contribution in [1.82, 2.24) is 0 Å². The molecule has 1 aliphatic carbocycles. The smallest absolute Gasteiger partial charge is 0.328 e. The van der Waals surface area contributed by atoms with Crippen molar-refractivity contribution < 1.29 is 19.4 Å². The lowest BCUT2D eigenvalue weighted by molar-refractivity contribution is -0.147. The first-order chi connectivity index (χ1) is 7.36. The molecule has 1 unspecified atom stereocenters. The van der Waals surface area contributed by atoms with E-state index in [9.17, 15) is 9.59 Å². The number of carboxylic acids is 1. The molecule has 0 aromatic carbocycles. The van der Waals surface area contributed by atoms with Gasteiger partial charge in [-0.3, -0.25) is 4.79 Å². The molecule has 0 heterocycles. The van der Waals surface area contributed by atoms with E-state index in [1.54, 1.807) is 0 Å². The Morgan fingerprint density at radius 2 is 2.12 bits per heavy atom. The molecule has 0 aromatic heterocycles. The summed E-state index contributed by atoms with van der Waals surface area (Å²) in [5.74, 6) is -1.21. The van der Waals surface area contributed by atoms with Crippen molar-refractivity contribution in [3.63, 3.8) is 0 Å². The van der Waals surface area contributed by atoms with E-state index in [0.29, 0.717) is 19.3 Å². The van der Waals surface area contributed by atoms with Gasteiger partial charge >= 0.3 is 11.9 Å². The zero-order chi connectivity index (χ0) is 12.3. The Hall–Kier alpha value is -1.32. The van der Waals surface area contributed by atoms with Crippen LogP contribution >= 0.6 is 0 Å². The van der Waals surface area contributed by atoms with Gasteiger partial charge in [-0.2, -0.15) is 0 Å². The van der Waals surface area contributed by atoms with Crippen LogP contribution in [0.25, 0.3) is 0 Å². The van der Waals surface area contributed by atoms with Gasteiger partial charge in [0.1, 0.15) is 0 Å². The van der Waals surface area contributed by atoms with Crippen LogP contribution in [0.2, 0.25) is 0 Å². The average Bonchev–Trinajstić information content (AvgIpc) is 2.19. The first-order valence-corrected chi connectivity index (χ1v) is 5.38. The lowest BCUT2D eigenvalue weighted by atomic mass is 9.68. The zero-order valence-corrected chi connectivity index (χ0v) is 9.95. The number of carboxylic acid groups (broad SMARTS) is 1. The minimum Gasteiger partial charge on any atom is -0.478 e. The van der Waals surface area contributed by atoms with Crippen molar-refractivity contribution in [3.05, 3.63) is 11.6 Å². The molecular weight excluding hydrogens is 208 g/mol. The van der Waals surface area contributed by atoms with E-state index in [0.717, 1.165) is 5.57 Å². The topological polar surface area (TPSA) is 63.6 Å². The van der Waals surface area contributed by atoms with E-state index in [1.807, 2.05) is 13.8 Å². The predicted molar refractivity (Wildman–Crippen MR) is 58.9 cm³/mol. The first kappa shape index (κ1) is 12.7. The summed E-state index contributed by atoms with van der Waals surface area (Å²) in [4.78, 5) is 22.1. The van der Waals surface area contributed by atoms with Crippen LogP contribution in [-0.2, 0) is 14.3 Å². The Morgan fingerprint density at radius 3 is 2.56 bits per heavy atom. The van der Waals surface area contributed by atoms with Crippen molar-refractivity contribution in [2.75, 3.05) is 7.11 Å². The summed E-state index contributed by atoms with van der Waals surface area (Å²) in [6.45, 7) is 3.94. The van der Waals surface area contributed by atoms with Crippen LogP contribution in [-0.4, -0.2) is 24.2 Å². The van der Waals surface area contributed by atoms with Gasteiger partial charge in [0.25, 0.3) is 0 Å². The van der Waals surface area contributed by atoms with Gasteiger partial charge in [0.15, 0.2) is 0 Å². The molecule has 16 heavy (non-hydrogen) atoms. The highest BCUT2D eigenvalue weighted by Gasteiger charge is 2.36. The summed E-state index contributed by atoms with van der Waals surface area (Å²) in [6.07, 6.45) is 3.25. The van der Waals surface area contributed by atoms with Gasteiger partial charge in [0.05, 0.1) is 13.0 Å². The standard InChI is InChI=1S/C12H18O4/c1-12(2)7-8(11(15)16-3)4-5-9(12)6-10(13)14/h6,8H,4-5,7H2,1-3H3,(H,13,14). The van der Waals surface area contributed by atoms with Crippen LogP contribution < -0.4 is 0 Å². The molecule has 0 aromatic rings. The Morgan fingerprint density at radius 1 is 1.50 bits per heavy atom. The van der Waals surface area contributed by atoms with Gasteiger partial charge in [-0.15, -0.1) is 0 Å². The molecule has 0 bridgehead atoms. The Kier molecular flexibility index (Phi) is 3.73. The lowest BCUT2D eigenvalue weighted by Gasteiger charge is -2.36. The van der Waals surface area contributed by atoms with E-state index in [2.05, 4.69) is 0 Å². The average molecular weight is 226 g/mol. The Balaban J connectivity index is 2.81. The lowest BCUT2D eigenvalue weighted by Crippen LogP contribution is -2.31. The SMILES string of the molecule is COC(=O)C1CCC(=CC(=O)O)C(C)(C)C1. The second kappa shape index (κ2) is 4.68. The van der Waals surface area contributed by atoms with E-state index in [-0.39, 0.29) is 17.3 Å². The number of ether oxygens (including phenoxy) is 1. The van der Waals surface area contributed by atoms with Crippen molar-refractivity contribution >= 4 is 11.9 Å². The molecule has 1 fully saturated rings. The Bertz CT molecular complexity index is 328. The summed E-state index contributed by atoms with van der Waals surface area (Å²) in [6, 6.07) is 0. The second-order valence-electron chi connectivity index (χ2n) is 4.85. The molecule has 0 amide bonds. The molecule has 4 heteroatoms. The van der Waals surface area contributed by atoms with E-state index >= 15 is 0 Å². The summed E-state index contributed by atoms with van der Waals surface area (Å²) in [5, 5.41) is 8.75. The van der Waals surface area contributed by atoms with Crippen LogP contribution in [0, 0.1) is 11.3 Å². The molecular formula is C12H18O4. The summed E-state index contributed by atoms with van der Waals surface area (Å²) in [5.41, 5.74) is 0.662. The van der Waals surface area contributed by atoms with E-state index in [1.165, 1.54) is 13.2 Å². The van der Waals surface area contributed by atoms with Gasteiger partial charge in [0.2, 0.25) is 0 Å². The third kappa shape index (κ3) is 2.84. The van der Waals surface area contributed by atoms with Gasteiger partial charge in [-0.05, 0) is 24.7 Å². The van der Waals surface area contributed by atoms with Gasteiger partial charge in [-0.1, -0.05) is 19.4 Å². The van der Waals surface area contributed by atoms with Crippen LogP contribution in [0.1, 0.15) is 33.1 Å². The number of allylic oxidation sites excluding steroid dienone is 1. The number of rotatable bonds is 2. The number of carbonyl (C=O) groups is 2. The van der Waals surface area contributed by atoms with Gasteiger partial charge < -0.3 is 9.84 Å². The fourth-order valence-electron chi connectivity index (χ4n) is 2.30. The maximum atomic E-state index is 11.4. The van der Waals surface area contributed by atoms with Crippen LogP contribution in [0.4, 0.5) is 0 Å². The highest BCUT2D eigenvalue weighted by atomic mass is 16.5. The van der Waals surface area contributed by atoms with Crippen LogP contribution in [0.5, 0.6) is 0 Å². The van der Waals surface area contributed by atoms with Gasteiger partial charge in [-0.25, -0.2) is 4.79 Å². The number of hydrogen-bond donors (Lipinski definition) is 1. The van der Waals surface area contributed by atoms with Crippen LogP contribution in [0.15, 0.2) is 11.6 Å². The summed E-state index contributed by atoms with van der Waals surface area (Å²) in [7, 11) is 1.39. The minimum atomic E-state index is -0.917. The zero-order valence-electron chi connectivity index (χ0n) is 9.95. The minimum absolute atomic E-state index is 0.106. The molecule has 1 atom stereocenters. The molecule has 90 valence electrons. The van der Waals surface area contributed by atoms with Crippen molar-refractivity contribution in [3.8, 4) is 0 Å². The van der Waals surface area contributed by atoms with Crippen LogP contribution in [0.3, 0.4) is 0 Å². The first-order valence-electron chi connectivity index (χ1n) is 5.38. The molecule has 1 aliphatic rings. The third-order valence-electron chi connectivity index (χ3n) is 3.22. The molecule has 0 radical (unpaired) electrons. The highest BCUT2D eigenvalue weighted by molar-refractivity contribution is 5.81. The maximum absolute atomic E-state index is 11.4. The largest absolute Gasteiger partial charge is 0.478 e. The summed E-state index contributed by atoms with van der Waals surface area (Å²) >= 11 is 0. The van der Waals surface area contributed by atoms with E-state index in [4.69, 9.17) is 9.84 Å². The predicted octanol–water partition coefficient (Wildman–Crippen LogP) is 2.00.